The van der Waals surface area contributed by atoms with Crippen LogP contribution in [0.4, 0.5) is 4.39 Å². The van der Waals surface area contributed by atoms with Crippen LogP contribution in [0.15, 0.2) is 24.3 Å². The minimum atomic E-state index is -0.146. The normalized spacial score (nSPS) is 21.1. The topological polar surface area (TPSA) is 12.0 Å². The first-order valence-corrected chi connectivity index (χ1v) is 7.66. The van der Waals surface area contributed by atoms with Crippen LogP contribution in [-0.2, 0) is 0 Å². The summed E-state index contributed by atoms with van der Waals surface area (Å²) in [6.45, 7) is 4.50. The molecule has 2 aliphatic rings. The van der Waals surface area contributed by atoms with Crippen molar-refractivity contribution >= 4 is 0 Å². The highest BCUT2D eigenvalue weighted by molar-refractivity contribution is 5.21. The molecule has 1 atom stereocenters. The van der Waals surface area contributed by atoms with E-state index in [9.17, 15) is 4.39 Å². The largest absolute Gasteiger partial charge is 0.306 e. The van der Waals surface area contributed by atoms with Gasteiger partial charge in [-0.05, 0) is 61.1 Å². The SMILES string of the molecule is CC(C)C(NC(C1CC1)C1CC1)c1ccc(F)cc1. The first kappa shape index (κ1) is 13.1. The van der Waals surface area contributed by atoms with Crippen molar-refractivity contribution in [1.29, 1.82) is 0 Å². The molecule has 0 heterocycles. The summed E-state index contributed by atoms with van der Waals surface area (Å²) in [5, 5.41) is 3.89. The summed E-state index contributed by atoms with van der Waals surface area (Å²) in [4.78, 5) is 0. The molecule has 1 nitrogen and oxygen atoms in total. The Balaban J connectivity index is 1.74. The predicted molar refractivity (Wildman–Crippen MR) is 76.4 cm³/mol. The maximum atomic E-state index is 13.1. The molecule has 2 fully saturated rings. The Kier molecular flexibility index (Phi) is 3.62. The number of halogens is 1. The molecule has 2 heteroatoms. The van der Waals surface area contributed by atoms with E-state index in [2.05, 4.69) is 19.2 Å². The Bertz CT molecular complexity index is 405. The molecule has 0 amide bonds. The first-order chi connectivity index (χ1) is 9.15. The Morgan fingerprint density at radius 1 is 1.00 bits per heavy atom. The van der Waals surface area contributed by atoms with E-state index >= 15 is 0 Å². The first-order valence-electron chi connectivity index (χ1n) is 7.66. The van der Waals surface area contributed by atoms with Crippen LogP contribution in [0.1, 0.15) is 51.1 Å². The Labute approximate surface area is 115 Å². The van der Waals surface area contributed by atoms with Crippen LogP contribution in [0, 0.1) is 23.6 Å². The van der Waals surface area contributed by atoms with Gasteiger partial charge in [0.05, 0.1) is 0 Å². The van der Waals surface area contributed by atoms with Gasteiger partial charge in [-0.3, -0.25) is 0 Å². The molecule has 1 aromatic carbocycles. The molecule has 0 aromatic heterocycles. The highest BCUT2D eigenvalue weighted by atomic mass is 19.1. The van der Waals surface area contributed by atoms with Gasteiger partial charge in [-0.25, -0.2) is 4.39 Å². The van der Waals surface area contributed by atoms with Crippen LogP contribution in [0.3, 0.4) is 0 Å². The molecule has 19 heavy (non-hydrogen) atoms. The molecular formula is C17H24FN. The van der Waals surface area contributed by atoms with Gasteiger partial charge in [-0.1, -0.05) is 26.0 Å². The highest BCUT2D eigenvalue weighted by Crippen LogP contribution is 2.45. The number of hydrogen-bond donors (Lipinski definition) is 1. The maximum Gasteiger partial charge on any atom is 0.123 e. The zero-order valence-electron chi connectivity index (χ0n) is 11.9. The van der Waals surface area contributed by atoms with Gasteiger partial charge in [0.1, 0.15) is 5.82 Å². The van der Waals surface area contributed by atoms with Crippen molar-refractivity contribution in [3.63, 3.8) is 0 Å². The van der Waals surface area contributed by atoms with E-state index in [1.54, 1.807) is 12.1 Å². The van der Waals surface area contributed by atoms with Crippen molar-refractivity contribution in [1.82, 2.24) is 5.32 Å². The van der Waals surface area contributed by atoms with Crippen molar-refractivity contribution < 1.29 is 4.39 Å². The van der Waals surface area contributed by atoms with Crippen molar-refractivity contribution in [2.45, 2.75) is 51.6 Å². The van der Waals surface area contributed by atoms with E-state index in [4.69, 9.17) is 0 Å². The molecule has 0 spiro atoms. The molecule has 0 radical (unpaired) electrons. The van der Waals surface area contributed by atoms with E-state index in [0.717, 1.165) is 11.8 Å². The van der Waals surface area contributed by atoms with Gasteiger partial charge in [-0.15, -0.1) is 0 Å². The molecule has 3 rings (SSSR count). The quantitative estimate of drug-likeness (QED) is 0.805. The molecule has 1 aromatic rings. The highest BCUT2D eigenvalue weighted by Gasteiger charge is 2.42. The molecule has 2 aliphatic carbocycles. The van der Waals surface area contributed by atoms with E-state index in [1.165, 1.54) is 31.2 Å². The van der Waals surface area contributed by atoms with Crippen molar-refractivity contribution in [2.75, 3.05) is 0 Å². The van der Waals surface area contributed by atoms with Gasteiger partial charge in [0.15, 0.2) is 0 Å². The van der Waals surface area contributed by atoms with Gasteiger partial charge in [0, 0.05) is 12.1 Å². The second kappa shape index (κ2) is 5.24. The molecule has 1 unspecified atom stereocenters. The van der Waals surface area contributed by atoms with Crippen LogP contribution in [-0.4, -0.2) is 6.04 Å². The van der Waals surface area contributed by atoms with Crippen molar-refractivity contribution in [3.05, 3.63) is 35.6 Å². The third-order valence-corrected chi connectivity index (χ3v) is 4.53. The Morgan fingerprint density at radius 2 is 1.53 bits per heavy atom. The zero-order valence-corrected chi connectivity index (χ0v) is 11.9. The van der Waals surface area contributed by atoms with Gasteiger partial charge in [-0.2, -0.15) is 0 Å². The summed E-state index contributed by atoms with van der Waals surface area (Å²) in [6.07, 6.45) is 5.57. The van der Waals surface area contributed by atoms with E-state index in [1.807, 2.05) is 12.1 Å². The van der Waals surface area contributed by atoms with Crippen LogP contribution in [0.2, 0.25) is 0 Å². The predicted octanol–water partition coefficient (Wildman–Crippen LogP) is 4.30. The Morgan fingerprint density at radius 3 is 1.95 bits per heavy atom. The second-order valence-corrected chi connectivity index (χ2v) is 6.64. The fourth-order valence-electron chi connectivity index (χ4n) is 3.12. The lowest BCUT2D eigenvalue weighted by Crippen LogP contribution is -2.38. The third-order valence-electron chi connectivity index (χ3n) is 4.53. The fourth-order valence-corrected chi connectivity index (χ4v) is 3.12. The molecule has 0 bridgehead atoms. The number of hydrogen-bond acceptors (Lipinski definition) is 1. The molecule has 0 saturated heterocycles. The molecule has 0 aliphatic heterocycles. The second-order valence-electron chi connectivity index (χ2n) is 6.64. The van der Waals surface area contributed by atoms with E-state index in [-0.39, 0.29) is 5.82 Å². The summed E-state index contributed by atoms with van der Waals surface area (Å²) < 4.78 is 13.1. The van der Waals surface area contributed by atoms with E-state index in [0.29, 0.717) is 18.0 Å². The van der Waals surface area contributed by atoms with Gasteiger partial charge >= 0.3 is 0 Å². The van der Waals surface area contributed by atoms with Crippen molar-refractivity contribution in [3.8, 4) is 0 Å². The molecule has 104 valence electrons. The van der Waals surface area contributed by atoms with Crippen LogP contribution >= 0.6 is 0 Å². The maximum absolute atomic E-state index is 13.1. The lowest BCUT2D eigenvalue weighted by Gasteiger charge is -2.29. The average molecular weight is 261 g/mol. The fraction of sp³-hybridized carbons (Fsp3) is 0.647. The van der Waals surface area contributed by atoms with Crippen molar-refractivity contribution in [2.24, 2.45) is 17.8 Å². The van der Waals surface area contributed by atoms with Crippen LogP contribution < -0.4 is 5.32 Å². The number of nitrogens with one attached hydrogen (secondary N) is 1. The van der Waals surface area contributed by atoms with Crippen LogP contribution in [0.5, 0.6) is 0 Å². The number of benzene rings is 1. The molecule has 1 N–H and O–H groups in total. The summed E-state index contributed by atoms with van der Waals surface area (Å²) in [5.41, 5.74) is 1.22. The standard InChI is InChI=1S/C17H24FN/c1-11(2)16(12-7-9-15(18)10-8-12)19-17(13-3-4-13)14-5-6-14/h7-11,13-14,16-17,19H,3-6H2,1-2H3. The summed E-state index contributed by atoms with van der Waals surface area (Å²) in [6, 6.07) is 8.07. The van der Waals surface area contributed by atoms with Crippen LogP contribution in [0.25, 0.3) is 0 Å². The van der Waals surface area contributed by atoms with Gasteiger partial charge in [0.25, 0.3) is 0 Å². The smallest absolute Gasteiger partial charge is 0.123 e. The summed E-state index contributed by atoms with van der Waals surface area (Å²) in [7, 11) is 0. The summed E-state index contributed by atoms with van der Waals surface area (Å²) in [5.74, 6) is 2.18. The minimum Gasteiger partial charge on any atom is -0.306 e. The van der Waals surface area contributed by atoms with Gasteiger partial charge < -0.3 is 5.32 Å². The monoisotopic (exact) mass is 261 g/mol. The lowest BCUT2D eigenvalue weighted by atomic mass is 9.93. The zero-order chi connectivity index (χ0) is 13.4. The Hall–Kier alpha value is -0.890. The van der Waals surface area contributed by atoms with E-state index < -0.39 is 0 Å². The molecule has 2 saturated carbocycles. The molecular weight excluding hydrogens is 237 g/mol. The average Bonchev–Trinajstić information content (AvgIpc) is 3.26. The summed E-state index contributed by atoms with van der Waals surface area (Å²) >= 11 is 0. The van der Waals surface area contributed by atoms with Gasteiger partial charge in [0.2, 0.25) is 0 Å². The lowest BCUT2D eigenvalue weighted by molar-refractivity contribution is 0.314. The minimum absolute atomic E-state index is 0.146. The number of rotatable bonds is 6. The third kappa shape index (κ3) is 3.17.